The van der Waals surface area contributed by atoms with Gasteiger partial charge in [0.15, 0.2) is 0 Å². The number of hydrogen-bond donors (Lipinski definition) is 1. The molecule has 1 atom stereocenters. The summed E-state index contributed by atoms with van der Waals surface area (Å²) in [6.45, 7) is 4.51. The Bertz CT molecular complexity index is 267. The Morgan fingerprint density at radius 1 is 1.64 bits per heavy atom. The average molecular weight is 195 g/mol. The molecule has 1 N–H and O–H groups in total. The molecule has 0 aliphatic rings. The molecule has 0 aromatic carbocycles. The third-order valence-corrected chi connectivity index (χ3v) is 2.19. The molecule has 1 amide bonds. The fourth-order valence-electron chi connectivity index (χ4n) is 1.33. The number of furan rings is 1. The molecule has 1 unspecified atom stereocenters. The zero-order valence-corrected chi connectivity index (χ0v) is 8.75. The summed E-state index contributed by atoms with van der Waals surface area (Å²) in [6, 6.07) is 3.67. The Balaban J connectivity index is 2.27. The van der Waals surface area contributed by atoms with Gasteiger partial charge in [-0.1, -0.05) is 20.3 Å². The van der Waals surface area contributed by atoms with Gasteiger partial charge in [0.05, 0.1) is 12.8 Å². The molecule has 0 spiro atoms. The molecule has 3 nitrogen and oxygen atoms in total. The largest absolute Gasteiger partial charge is 0.467 e. The van der Waals surface area contributed by atoms with E-state index >= 15 is 0 Å². The topological polar surface area (TPSA) is 42.2 Å². The zero-order valence-electron chi connectivity index (χ0n) is 8.75. The smallest absolute Gasteiger partial charge is 0.223 e. The van der Waals surface area contributed by atoms with Crippen molar-refractivity contribution >= 4 is 5.91 Å². The van der Waals surface area contributed by atoms with Crippen LogP contribution in [0.4, 0.5) is 0 Å². The molecule has 1 rings (SSSR count). The Morgan fingerprint density at radius 3 is 3.00 bits per heavy atom. The molecule has 0 fully saturated rings. The van der Waals surface area contributed by atoms with Crippen LogP contribution in [0.5, 0.6) is 0 Å². The molecule has 3 heteroatoms. The summed E-state index contributed by atoms with van der Waals surface area (Å²) in [7, 11) is 0. The fraction of sp³-hybridized carbons (Fsp3) is 0.545. The van der Waals surface area contributed by atoms with E-state index in [-0.39, 0.29) is 11.8 Å². The van der Waals surface area contributed by atoms with E-state index in [1.54, 1.807) is 6.26 Å². The minimum absolute atomic E-state index is 0.0926. The van der Waals surface area contributed by atoms with Crippen molar-refractivity contribution in [3.63, 3.8) is 0 Å². The average Bonchev–Trinajstić information content (AvgIpc) is 2.67. The van der Waals surface area contributed by atoms with Gasteiger partial charge < -0.3 is 9.73 Å². The number of rotatable bonds is 5. The fourth-order valence-corrected chi connectivity index (χ4v) is 1.33. The first-order chi connectivity index (χ1) is 6.74. The van der Waals surface area contributed by atoms with Crippen molar-refractivity contribution in [2.75, 3.05) is 0 Å². The van der Waals surface area contributed by atoms with Crippen molar-refractivity contribution in [2.45, 2.75) is 33.2 Å². The minimum atomic E-state index is 0.0926. The Labute approximate surface area is 84.5 Å². The van der Waals surface area contributed by atoms with Gasteiger partial charge in [-0.3, -0.25) is 4.79 Å². The third-order valence-electron chi connectivity index (χ3n) is 2.19. The van der Waals surface area contributed by atoms with Crippen LogP contribution >= 0.6 is 0 Å². The van der Waals surface area contributed by atoms with Crippen molar-refractivity contribution in [1.82, 2.24) is 5.32 Å². The lowest BCUT2D eigenvalue weighted by Crippen LogP contribution is -2.28. The summed E-state index contributed by atoms with van der Waals surface area (Å²) in [5.41, 5.74) is 0. The highest BCUT2D eigenvalue weighted by atomic mass is 16.3. The van der Waals surface area contributed by atoms with Crippen LogP contribution in [0, 0.1) is 5.92 Å². The Morgan fingerprint density at radius 2 is 2.43 bits per heavy atom. The quantitative estimate of drug-likeness (QED) is 0.783. The van der Waals surface area contributed by atoms with Crippen LogP contribution in [0.3, 0.4) is 0 Å². The van der Waals surface area contributed by atoms with Crippen molar-refractivity contribution in [3.05, 3.63) is 24.2 Å². The third kappa shape index (κ3) is 3.24. The molecule has 0 radical (unpaired) electrons. The minimum Gasteiger partial charge on any atom is -0.467 e. The summed E-state index contributed by atoms with van der Waals surface area (Å²) in [6.07, 6.45) is 3.58. The Kier molecular flexibility index (Phi) is 4.23. The second-order valence-corrected chi connectivity index (χ2v) is 3.49. The molecule has 14 heavy (non-hydrogen) atoms. The highest BCUT2D eigenvalue weighted by Gasteiger charge is 2.11. The summed E-state index contributed by atoms with van der Waals surface area (Å²) >= 11 is 0. The molecule has 0 saturated carbocycles. The SMILES string of the molecule is CCCC(C)C(=O)NCc1ccco1. The number of amides is 1. The van der Waals surface area contributed by atoms with Crippen molar-refractivity contribution in [3.8, 4) is 0 Å². The molecular weight excluding hydrogens is 178 g/mol. The van der Waals surface area contributed by atoms with Crippen molar-refractivity contribution in [2.24, 2.45) is 5.92 Å². The van der Waals surface area contributed by atoms with Crippen LogP contribution in [0.15, 0.2) is 22.8 Å². The van der Waals surface area contributed by atoms with E-state index in [0.29, 0.717) is 6.54 Å². The standard InChI is InChI=1S/C11H17NO2/c1-3-5-9(2)11(13)12-8-10-6-4-7-14-10/h4,6-7,9H,3,5,8H2,1-2H3,(H,12,13). The van der Waals surface area contributed by atoms with Crippen LogP contribution in [-0.4, -0.2) is 5.91 Å². The van der Waals surface area contributed by atoms with E-state index in [9.17, 15) is 4.79 Å². The molecule has 78 valence electrons. The second kappa shape index (κ2) is 5.47. The second-order valence-electron chi connectivity index (χ2n) is 3.49. The molecule has 0 aliphatic heterocycles. The van der Waals surface area contributed by atoms with Crippen LogP contribution in [0.2, 0.25) is 0 Å². The maximum absolute atomic E-state index is 11.5. The van der Waals surface area contributed by atoms with Crippen molar-refractivity contribution in [1.29, 1.82) is 0 Å². The van der Waals surface area contributed by atoms with Gasteiger partial charge in [0.1, 0.15) is 5.76 Å². The molecule has 0 aliphatic carbocycles. The molecule has 1 heterocycles. The van der Waals surface area contributed by atoms with Crippen LogP contribution in [0.25, 0.3) is 0 Å². The number of nitrogens with one attached hydrogen (secondary N) is 1. The van der Waals surface area contributed by atoms with Crippen LogP contribution in [0.1, 0.15) is 32.4 Å². The highest BCUT2D eigenvalue weighted by Crippen LogP contribution is 2.05. The van der Waals surface area contributed by atoms with Gasteiger partial charge in [0.25, 0.3) is 0 Å². The normalized spacial score (nSPS) is 12.4. The molecule has 1 aromatic rings. The van der Waals surface area contributed by atoms with Gasteiger partial charge in [0.2, 0.25) is 5.91 Å². The molecule has 0 saturated heterocycles. The van der Waals surface area contributed by atoms with Crippen molar-refractivity contribution < 1.29 is 9.21 Å². The first kappa shape index (κ1) is 10.8. The highest BCUT2D eigenvalue weighted by molar-refractivity contribution is 5.78. The van der Waals surface area contributed by atoms with E-state index in [2.05, 4.69) is 12.2 Å². The van der Waals surface area contributed by atoms with Gasteiger partial charge in [-0.15, -0.1) is 0 Å². The summed E-state index contributed by atoms with van der Waals surface area (Å²) in [5, 5.41) is 2.84. The summed E-state index contributed by atoms with van der Waals surface area (Å²) in [5.74, 6) is 0.986. The van der Waals surface area contributed by atoms with E-state index in [4.69, 9.17) is 4.42 Å². The van der Waals surface area contributed by atoms with E-state index in [1.807, 2.05) is 19.1 Å². The lowest BCUT2D eigenvalue weighted by molar-refractivity contribution is -0.124. The van der Waals surface area contributed by atoms with Crippen LogP contribution in [-0.2, 0) is 11.3 Å². The molecular formula is C11H17NO2. The number of carbonyl (C=O) groups excluding carboxylic acids is 1. The monoisotopic (exact) mass is 195 g/mol. The maximum Gasteiger partial charge on any atom is 0.223 e. The maximum atomic E-state index is 11.5. The Hall–Kier alpha value is -1.25. The molecule has 0 bridgehead atoms. The first-order valence-corrected chi connectivity index (χ1v) is 5.04. The lowest BCUT2D eigenvalue weighted by atomic mass is 10.1. The number of carbonyl (C=O) groups is 1. The van der Waals surface area contributed by atoms with E-state index in [1.165, 1.54) is 0 Å². The summed E-state index contributed by atoms with van der Waals surface area (Å²) < 4.78 is 5.11. The lowest BCUT2D eigenvalue weighted by Gasteiger charge is -2.09. The van der Waals surface area contributed by atoms with Gasteiger partial charge in [0, 0.05) is 5.92 Å². The van der Waals surface area contributed by atoms with Crippen LogP contribution < -0.4 is 5.32 Å². The predicted molar refractivity (Wildman–Crippen MR) is 54.6 cm³/mol. The van der Waals surface area contributed by atoms with Gasteiger partial charge >= 0.3 is 0 Å². The van der Waals surface area contributed by atoms with Gasteiger partial charge in [-0.2, -0.15) is 0 Å². The summed E-state index contributed by atoms with van der Waals surface area (Å²) in [4.78, 5) is 11.5. The van der Waals surface area contributed by atoms with E-state index < -0.39 is 0 Å². The number of hydrogen-bond acceptors (Lipinski definition) is 2. The first-order valence-electron chi connectivity index (χ1n) is 5.04. The molecule has 1 aromatic heterocycles. The van der Waals surface area contributed by atoms with Gasteiger partial charge in [-0.25, -0.2) is 0 Å². The van der Waals surface area contributed by atoms with Gasteiger partial charge in [-0.05, 0) is 18.6 Å². The zero-order chi connectivity index (χ0) is 10.4. The van der Waals surface area contributed by atoms with E-state index in [0.717, 1.165) is 18.6 Å². The predicted octanol–water partition coefficient (Wildman–Crippen LogP) is 2.33.